The minimum atomic E-state index is -0.318. The van der Waals surface area contributed by atoms with Crippen LogP contribution in [-0.4, -0.2) is 21.3 Å². The summed E-state index contributed by atoms with van der Waals surface area (Å²) in [5.74, 6) is 2.32. The summed E-state index contributed by atoms with van der Waals surface area (Å²) in [5.41, 5.74) is 16.6. The second-order valence-corrected chi connectivity index (χ2v) is 16.8. The zero-order valence-electron chi connectivity index (χ0n) is 33.5. The van der Waals surface area contributed by atoms with E-state index in [9.17, 15) is 0 Å². The molecule has 0 spiro atoms. The second-order valence-electron chi connectivity index (χ2n) is 16.8. The van der Waals surface area contributed by atoms with Crippen molar-refractivity contribution in [3.8, 4) is 11.1 Å². The van der Waals surface area contributed by atoms with Crippen LogP contribution < -0.4 is 5.32 Å². The Bertz CT molecular complexity index is 2980. The SMILES string of the molecule is C1=CCCC(c2cccc(C3=NC(c4cccc(-c5ccccc5)c4)NC(N4C5=CC6=CC=C(n7c8ccccc8c8ccccc87)CC6CC5C5=C4CCC=C5)=N3)c2)=C1. The molecule has 3 heterocycles. The normalized spacial score (nSPS) is 21.9. The number of aliphatic imine (C=N–C) groups is 2. The first-order valence-electron chi connectivity index (χ1n) is 21.6. The van der Waals surface area contributed by atoms with Gasteiger partial charge in [-0.25, -0.2) is 4.99 Å². The number of nitrogens with zero attached hydrogens (tertiary/aromatic N) is 4. The highest BCUT2D eigenvalue weighted by Gasteiger charge is 2.44. The van der Waals surface area contributed by atoms with Gasteiger partial charge in [0.2, 0.25) is 5.96 Å². The van der Waals surface area contributed by atoms with E-state index in [1.54, 1.807) is 0 Å². The molecule has 0 bridgehead atoms. The van der Waals surface area contributed by atoms with E-state index < -0.39 is 0 Å². The molecule has 60 heavy (non-hydrogen) atoms. The summed E-state index contributed by atoms with van der Waals surface area (Å²) >= 11 is 0. The van der Waals surface area contributed by atoms with Gasteiger partial charge in [0.25, 0.3) is 0 Å². The molecule has 5 aromatic carbocycles. The maximum absolute atomic E-state index is 5.48. The highest BCUT2D eigenvalue weighted by atomic mass is 15.4. The lowest BCUT2D eigenvalue weighted by atomic mass is 9.74. The number of allylic oxidation sites excluding steroid dienone is 13. The van der Waals surface area contributed by atoms with E-state index in [-0.39, 0.29) is 12.1 Å². The molecule has 0 amide bonds. The maximum atomic E-state index is 5.48. The quantitative estimate of drug-likeness (QED) is 0.190. The van der Waals surface area contributed by atoms with Gasteiger partial charge in [0.1, 0.15) is 6.17 Å². The molecule has 3 atom stereocenters. The molecule has 0 radical (unpaired) electrons. The second kappa shape index (κ2) is 14.4. The third-order valence-corrected chi connectivity index (χ3v) is 13.3. The van der Waals surface area contributed by atoms with Gasteiger partial charge >= 0.3 is 0 Å². The molecular weight excluding hydrogens is 731 g/mol. The first-order chi connectivity index (χ1) is 29.7. The van der Waals surface area contributed by atoms with Gasteiger partial charge in [-0.05, 0) is 120 Å². The van der Waals surface area contributed by atoms with E-state index in [2.05, 4.69) is 191 Å². The van der Waals surface area contributed by atoms with Gasteiger partial charge in [-0.15, -0.1) is 0 Å². The third-order valence-electron chi connectivity index (χ3n) is 13.3. The van der Waals surface area contributed by atoms with E-state index in [4.69, 9.17) is 9.98 Å². The Hall–Kier alpha value is -6.98. The molecule has 0 fully saturated rings. The molecule has 0 saturated carbocycles. The zero-order chi connectivity index (χ0) is 39.6. The van der Waals surface area contributed by atoms with Crippen LogP contribution in [0, 0.1) is 11.8 Å². The summed E-state index contributed by atoms with van der Waals surface area (Å²) in [4.78, 5) is 13.4. The Labute approximate surface area is 351 Å². The molecular formula is C55H45N5. The lowest BCUT2D eigenvalue weighted by molar-refractivity contribution is 0.445. The Morgan fingerprint density at radius 1 is 0.650 bits per heavy atom. The standard InChI is InChI=1S/C55H45N5/c1-3-15-36(16-4-1)38-19-13-21-41(31-38)53-56-54(42-22-14-20-39(32-42)37-17-5-2-6-18-37)58-55(57-53)60-51-28-12-9-25-47(51)48-34-43-33-44(30-29-40(43)35-52(48)60)59-49-26-10-7-23-45(49)46-24-8-11-27-50(46)59/h1-5,7-11,13-17,19-27,29-32,35,43,48,53H,6,12,18,28,33-34H2,(H,56,57,58). The molecule has 4 aliphatic carbocycles. The lowest BCUT2D eigenvalue weighted by Gasteiger charge is -2.36. The van der Waals surface area contributed by atoms with Crippen LogP contribution >= 0.6 is 0 Å². The van der Waals surface area contributed by atoms with Crippen molar-refractivity contribution in [2.24, 2.45) is 21.8 Å². The number of guanidine groups is 1. The summed E-state index contributed by atoms with van der Waals surface area (Å²) in [6.45, 7) is 0. The first kappa shape index (κ1) is 35.0. The Balaban J connectivity index is 0.964. The average Bonchev–Trinajstić information content (AvgIpc) is 3.83. The number of amidine groups is 1. The number of aromatic nitrogens is 1. The minimum absolute atomic E-state index is 0.289. The van der Waals surface area contributed by atoms with Gasteiger partial charge < -0.3 is 9.88 Å². The predicted octanol–water partition coefficient (Wildman–Crippen LogP) is 12.9. The molecule has 6 aliphatic rings. The van der Waals surface area contributed by atoms with Crippen molar-refractivity contribution >= 4 is 44.9 Å². The molecule has 12 rings (SSSR count). The van der Waals surface area contributed by atoms with Crippen molar-refractivity contribution in [3.05, 3.63) is 215 Å². The van der Waals surface area contributed by atoms with E-state index in [0.717, 1.165) is 61.4 Å². The van der Waals surface area contributed by atoms with E-state index in [1.807, 2.05) is 0 Å². The van der Waals surface area contributed by atoms with Crippen LogP contribution in [0.4, 0.5) is 0 Å². The molecule has 2 aliphatic heterocycles. The number of para-hydroxylation sites is 2. The number of rotatable bonds is 5. The topological polar surface area (TPSA) is 44.9 Å². The molecule has 5 nitrogen and oxygen atoms in total. The van der Waals surface area contributed by atoms with Crippen LogP contribution in [0.15, 0.2) is 209 Å². The highest BCUT2D eigenvalue weighted by Crippen LogP contribution is 2.52. The van der Waals surface area contributed by atoms with Gasteiger partial charge in [0.05, 0.1) is 11.0 Å². The van der Waals surface area contributed by atoms with Crippen molar-refractivity contribution < 1.29 is 0 Å². The fourth-order valence-corrected chi connectivity index (χ4v) is 10.4. The largest absolute Gasteiger partial charge is 0.330 e. The average molecular weight is 776 g/mol. The summed E-state index contributed by atoms with van der Waals surface area (Å²) in [5, 5.41) is 6.52. The highest BCUT2D eigenvalue weighted by molar-refractivity contribution is 6.10. The molecule has 1 N–H and O–H groups in total. The number of nitrogens with one attached hydrogen (secondary N) is 1. The van der Waals surface area contributed by atoms with E-state index in [1.165, 1.54) is 72.3 Å². The zero-order valence-corrected chi connectivity index (χ0v) is 33.5. The third kappa shape index (κ3) is 5.91. The van der Waals surface area contributed by atoms with Gasteiger partial charge in [-0.2, -0.15) is 4.99 Å². The van der Waals surface area contributed by atoms with Crippen LogP contribution in [0.5, 0.6) is 0 Å². The predicted molar refractivity (Wildman–Crippen MR) is 248 cm³/mol. The summed E-state index contributed by atoms with van der Waals surface area (Å²) in [6, 6.07) is 46.0. The molecule has 3 unspecified atom stereocenters. The van der Waals surface area contributed by atoms with Crippen LogP contribution in [-0.2, 0) is 0 Å². The molecule has 6 aromatic rings. The number of fused-ring (bicyclic) bond motifs is 6. The Kier molecular flexibility index (Phi) is 8.39. The molecule has 5 heteroatoms. The van der Waals surface area contributed by atoms with Crippen LogP contribution in [0.3, 0.4) is 0 Å². The molecule has 290 valence electrons. The Morgan fingerprint density at radius 3 is 2.23 bits per heavy atom. The van der Waals surface area contributed by atoms with Crippen LogP contribution in [0.2, 0.25) is 0 Å². The summed E-state index contributed by atoms with van der Waals surface area (Å²) in [6.07, 6.45) is 24.6. The summed E-state index contributed by atoms with van der Waals surface area (Å²) in [7, 11) is 0. The Morgan fingerprint density at radius 2 is 1.40 bits per heavy atom. The van der Waals surface area contributed by atoms with Gasteiger partial charge in [-0.3, -0.25) is 4.90 Å². The number of hydrogen-bond acceptors (Lipinski definition) is 4. The van der Waals surface area contributed by atoms with Crippen molar-refractivity contribution in [2.75, 3.05) is 0 Å². The van der Waals surface area contributed by atoms with Gasteiger partial charge in [-0.1, -0.05) is 140 Å². The van der Waals surface area contributed by atoms with Crippen molar-refractivity contribution in [1.29, 1.82) is 0 Å². The fraction of sp³-hybridized carbons (Fsp3) is 0.164. The van der Waals surface area contributed by atoms with E-state index in [0.29, 0.717) is 5.92 Å². The van der Waals surface area contributed by atoms with Gasteiger partial charge in [0.15, 0.2) is 5.84 Å². The number of hydrogen-bond donors (Lipinski definition) is 1. The maximum Gasteiger partial charge on any atom is 0.211 e. The number of benzene rings is 5. The monoisotopic (exact) mass is 775 g/mol. The molecule has 1 aromatic heterocycles. The fourth-order valence-electron chi connectivity index (χ4n) is 10.4. The summed E-state index contributed by atoms with van der Waals surface area (Å²) < 4.78 is 2.51. The first-order valence-corrected chi connectivity index (χ1v) is 21.6. The van der Waals surface area contributed by atoms with Crippen LogP contribution in [0.25, 0.3) is 44.2 Å². The van der Waals surface area contributed by atoms with Crippen molar-refractivity contribution in [2.45, 2.75) is 44.7 Å². The smallest absolute Gasteiger partial charge is 0.211 e. The van der Waals surface area contributed by atoms with Crippen molar-refractivity contribution in [3.63, 3.8) is 0 Å². The van der Waals surface area contributed by atoms with Crippen molar-refractivity contribution in [1.82, 2.24) is 14.8 Å². The van der Waals surface area contributed by atoms with Crippen LogP contribution in [0.1, 0.15) is 61.4 Å². The van der Waals surface area contributed by atoms with E-state index >= 15 is 0 Å². The van der Waals surface area contributed by atoms with Gasteiger partial charge in [0, 0.05) is 39.3 Å². The minimum Gasteiger partial charge on any atom is -0.330 e. The lowest BCUT2D eigenvalue weighted by Crippen LogP contribution is -2.44. The molecule has 0 saturated heterocycles.